The molecule has 1 unspecified atom stereocenters. The first-order valence-corrected chi connectivity index (χ1v) is 7.33. The Bertz CT molecular complexity index is 612. The van der Waals surface area contributed by atoms with Gasteiger partial charge in [-0.15, -0.1) is 0 Å². The molecule has 0 spiro atoms. The van der Waals surface area contributed by atoms with E-state index in [-0.39, 0.29) is 11.0 Å². The molecule has 0 aliphatic heterocycles. The van der Waals surface area contributed by atoms with E-state index in [0.29, 0.717) is 5.56 Å². The van der Waals surface area contributed by atoms with E-state index < -0.39 is 36.5 Å². The van der Waals surface area contributed by atoms with E-state index in [1.54, 1.807) is 0 Å². The van der Waals surface area contributed by atoms with Crippen molar-refractivity contribution in [3.8, 4) is 0 Å². The fourth-order valence-corrected chi connectivity index (χ4v) is 2.10. The SMILES string of the molecule is CC(C)(C)c1ccc(C(O)CC(F)(F)C(F)(F)C(F)(F)C(F)(F)F)cc1. The maximum atomic E-state index is 13.5. The minimum atomic E-state index is -6.96. The maximum Gasteiger partial charge on any atom is 0.460 e. The minimum Gasteiger partial charge on any atom is -0.388 e. The Hall–Kier alpha value is -1.45. The molecule has 10 heteroatoms. The van der Waals surface area contributed by atoms with E-state index >= 15 is 0 Å². The molecule has 0 bridgehead atoms. The molecular weight excluding hydrogens is 379 g/mol. The average molecular weight is 396 g/mol. The molecule has 1 atom stereocenters. The number of alkyl halides is 9. The number of hydrogen-bond acceptors (Lipinski definition) is 1. The van der Waals surface area contributed by atoms with Crippen LogP contribution >= 0.6 is 0 Å². The first-order chi connectivity index (χ1) is 11.3. The highest BCUT2D eigenvalue weighted by molar-refractivity contribution is 5.29. The van der Waals surface area contributed by atoms with Gasteiger partial charge in [0.1, 0.15) is 0 Å². The first kappa shape index (κ1) is 22.6. The molecule has 150 valence electrons. The fourth-order valence-electron chi connectivity index (χ4n) is 2.10. The minimum absolute atomic E-state index is 0.316. The maximum absolute atomic E-state index is 13.5. The monoisotopic (exact) mass is 396 g/mol. The van der Waals surface area contributed by atoms with Crippen molar-refractivity contribution in [2.45, 2.75) is 62.7 Å². The van der Waals surface area contributed by atoms with E-state index in [2.05, 4.69) is 0 Å². The highest BCUT2D eigenvalue weighted by atomic mass is 19.4. The molecule has 0 amide bonds. The van der Waals surface area contributed by atoms with Crippen LogP contribution in [0.25, 0.3) is 0 Å². The quantitative estimate of drug-likeness (QED) is 0.617. The molecular formula is C16H17F9O. The van der Waals surface area contributed by atoms with E-state index in [1.165, 1.54) is 12.1 Å². The second-order valence-corrected chi connectivity index (χ2v) is 6.94. The Morgan fingerprint density at radius 3 is 1.54 bits per heavy atom. The molecule has 0 radical (unpaired) electrons. The van der Waals surface area contributed by atoms with Crippen LogP contribution in [-0.4, -0.2) is 29.1 Å². The van der Waals surface area contributed by atoms with Crippen molar-refractivity contribution in [2.75, 3.05) is 0 Å². The van der Waals surface area contributed by atoms with E-state index in [0.717, 1.165) is 12.1 Å². The summed E-state index contributed by atoms with van der Waals surface area (Å²) in [4.78, 5) is 0. The zero-order valence-corrected chi connectivity index (χ0v) is 13.9. The van der Waals surface area contributed by atoms with Gasteiger partial charge in [0, 0.05) is 6.42 Å². The number of rotatable bonds is 5. The first-order valence-electron chi connectivity index (χ1n) is 7.33. The summed E-state index contributed by atoms with van der Waals surface area (Å²) in [5.41, 5.74) is 0.0350. The molecule has 1 aromatic rings. The van der Waals surface area contributed by atoms with Gasteiger partial charge < -0.3 is 5.11 Å². The smallest absolute Gasteiger partial charge is 0.388 e. The zero-order valence-electron chi connectivity index (χ0n) is 13.9. The molecule has 0 saturated carbocycles. The number of hydrogen-bond donors (Lipinski definition) is 1. The lowest BCUT2D eigenvalue weighted by Gasteiger charge is -2.34. The van der Waals surface area contributed by atoms with Crippen molar-refractivity contribution in [3.05, 3.63) is 35.4 Å². The lowest BCUT2D eigenvalue weighted by Crippen LogP contribution is -2.61. The Morgan fingerprint density at radius 1 is 0.769 bits per heavy atom. The van der Waals surface area contributed by atoms with E-state index in [9.17, 15) is 44.6 Å². The summed E-state index contributed by atoms with van der Waals surface area (Å²) in [5, 5.41) is 9.64. The highest BCUT2D eigenvalue weighted by Crippen LogP contribution is 2.55. The third-order valence-electron chi connectivity index (χ3n) is 3.82. The van der Waals surface area contributed by atoms with Crippen LogP contribution in [0.15, 0.2) is 24.3 Å². The summed E-state index contributed by atoms with van der Waals surface area (Å²) >= 11 is 0. The molecule has 0 fully saturated rings. The van der Waals surface area contributed by atoms with E-state index in [1.807, 2.05) is 20.8 Å². The van der Waals surface area contributed by atoms with Crippen LogP contribution in [0.3, 0.4) is 0 Å². The molecule has 0 aliphatic rings. The van der Waals surface area contributed by atoms with Crippen LogP contribution < -0.4 is 0 Å². The number of aliphatic hydroxyl groups excluding tert-OH is 1. The van der Waals surface area contributed by atoms with Gasteiger partial charge in [-0.2, -0.15) is 39.5 Å². The van der Waals surface area contributed by atoms with Crippen molar-refractivity contribution < 1.29 is 44.6 Å². The lowest BCUT2D eigenvalue weighted by atomic mass is 9.86. The number of aliphatic hydroxyl groups is 1. The van der Waals surface area contributed by atoms with Gasteiger partial charge in [0.2, 0.25) is 0 Å². The van der Waals surface area contributed by atoms with Crippen LogP contribution in [0.2, 0.25) is 0 Å². The lowest BCUT2D eigenvalue weighted by molar-refractivity contribution is -0.398. The molecule has 0 saturated heterocycles. The summed E-state index contributed by atoms with van der Waals surface area (Å²) in [7, 11) is 0. The van der Waals surface area contributed by atoms with Gasteiger partial charge in [-0.1, -0.05) is 45.0 Å². The van der Waals surface area contributed by atoms with Crippen molar-refractivity contribution in [2.24, 2.45) is 0 Å². The third-order valence-corrected chi connectivity index (χ3v) is 3.82. The third kappa shape index (κ3) is 4.10. The summed E-state index contributed by atoms with van der Waals surface area (Å²) in [6.45, 7) is 5.44. The van der Waals surface area contributed by atoms with Crippen molar-refractivity contribution in [1.82, 2.24) is 0 Å². The molecule has 0 aliphatic carbocycles. The predicted octanol–water partition coefficient (Wildman–Crippen LogP) is 5.88. The largest absolute Gasteiger partial charge is 0.460 e. The van der Waals surface area contributed by atoms with Gasteiger partial charge in [-0.05, 0) is 16.5 Å². The van der Waals surface area contributed by atoms with Gasteiger partial charge in [0.05, 0.1) is 6.10 Å². The summed E-state index contributed by atoms with van der Waals surface area (Å²) in [6, 6.07) is 5.03. The van der Waals surface area contributed by atoms with Gasteiger partial charge in [0.25, 0.3) is 0 Å². The predicted molar refractivity (Wildman–Crippen MR) is 75.6 cm³/mol. The Morgan fingerprint density at radius 2 is 1.19 bits per heavy atom. The Balaban J connectivity index is 3.08. The van der Waals surface area contributed by atoms with Crippen LogP contribution in [0.1, 0.15) is 44.4 Å². The summed E-state index contributed by atoms with van der Waals surface area (Å²) < 4.78 is 115. The zero-order chi connectivity index (χ0) is 20.8. The van der Waals surface area contributed by atoms with Crippen molar-refractivity contribution in [1.29, 1.82) is 0 Å². The summed E-state index contributed by atoms with van der Waals surface area (Å²) in [5.74, 6) is -19.5. The molecule has 1 aromatic carbocycles. The molecule has 1 N–H and O–H groups in total. The van der Waals surface area contributed by atoms with Crippen LogP contribution in [0.5, 0.6) is 0 Å². The van der Waals surface area contributed by atoms with E-state index in [4.69, 9.17) is 0 Å². The van der Waals surface area contributed by atoms with Gasteiger partial charge in [-0.3, -0.25) is 0 Å². The van der Waals surface area contributed by atoms with Crippen molar-refractivity contribution in [3.63, 3.8) is 0 Å². The van der Waals surface area contributed by atoms with Gasteiger partial charge >= 0.3 is 23.9 Å². The Kier molecular flexibility index (Phi) is 5.75. The fraction of sp³-hybridized carbons (Fsp3) is 0.625. The van der Waals surface area contributed by atoms with Crippen LogP contribution in [0.4, 0.5) is 39.5 Å². The molecule has 0 aromatic heterocycles. The molecule has 26 heavy (non-hydrogen) atoms. The topological polar surface area (TPSA) is 20.2 Å². The standard InChI is InChI=1S/C16H17F9O/c1-12(2,3)10-6-4-9(5-7-10)11(26)8-13(17,18)14(19,20)15(21,22)16(23,24)25/h4-7,11,26H,8H2,1-3H3. The highest BCUT2D eigenvalue weighted by Gasteiger charge is 2.81. The number of halogens is 9. The average Bonchev–Trinajstić information content (AvgIpc) is 2.44. The number of benzene rings is 1. The van der Waals surface area contributed by atoms with Crippen molar-refractivity contribution >= 4 is 0 Å². The van der Waals surface area contributed by atoms with Gasteiger partial charge in [0.15, 0.2) is 0 Å². The second kappa shape index (κ2) is 6.61. The summed E-state index contributed by atoms with van der Waals surface area (Å²) in [6.07, 6.45) is -11.5. The molecule has 1 rings (SSSR count). The van der Waals surface area contributed by atoms with Crippen LogP contribution in [-0.2, 0) is 5.41 Å². The molecule has 1 nitrogen and oxygen atoms in total. The Labute approximate surface area is 143 Å². The normalized spacial score (nSPS) is 15.9. The van der Waals surface area contributed by atoms with Crippen LogP contribution in [0, 0.1) is 0 Å². The second-order valence-electron chi connectivity index (χ2n) is 6.94. The van der Waals surface area contributed by atoms with Gasteiger partial charge in [-0.25, -0.2) is 0 Å². The molecule has 0 heterocycles.